The molecule has 1 N–H and O–H groups in total. The first-order chi connectivity index (χ1) is 16.2. The van der Waals surface area contributed by atoms with E-state index in [0.717, 1.165) is 41.5 Å². The van der Waals surface area contributed by atoms with Crippen LogP contribution in [-0.2, 0) is 13.1 Å². The lowest BCUT2D eigenvalue weighted by molar-refractivity contribution is 0.135. The Hall–Kier alpha value is -3.29. The van der Waals surface area contributed by atoms with E-state index in [4.69, 9.17) is 4.98 Å². The number of rotatable bonds is 5. The second-order valence-electron chi connectivity index (χ2n) is 8.19. The van der Waals surface area contributed by atoms with Crippen molar-refractivity contribution in [2.24, 2.45) is 0 Å². The minimum atomic E-state index is -0.242. The number of urea groups is 1. The zero-order chi connectivity index (χ0) is 22.6. The number of aromatic nitrogens is 1. The topological polar surface area (TPSA) is 48.5 Å². The molecule has 1 fully saturated rings. The summed E-state index contributed by atoms with van der Waals surface area (Å²) in [4.78, 5) is 21.6. The van der Waals surface area contributed by atoms with E-state index in [1.165, 1.54) is 22.9 Å². The molecule has 7 heteroatoms. The molecular formula is C26H25FN4OS. The van der Waals surface area contributed by atoms with E-state index >= 15 is 0 Å². The normalized spacial score (nSPS) is 14.5. The number of amides is 2. The molecule has 5 nitrogen and oxygen atoms in total. The Morgan fingerprint density at radius 3 is 2.55 bits per heavy atom. The molecular weight excluding hydrogens is 435 g/mol. The average Bonchev–Trinajstić information content (AvgIpc) is 3.32. The summed E-state index contributed by atoms with van der Waals surface area (Å²) in [6.45, 7) is 4.29. The van der Waals surface area contributed by atoms with Crippen molar-refractivity contribution in [1.82, 2.24) is 20.1 Å². The number of nitrogens with zero attached hydrogens (tertiary/aromatic N) is 3. The Bertz CT molecular complexity index is 1240. The van der Waals surface area contributed by atoms with E-state index in [1.54, 1.807) is 23.5 Å². The summed E-state index contributed by atoms with van der Waals surface area (Å²) in [6, 6.07) is 20.8. The lowest BCUT2D eigenvalue weighted by atomic mass is 10.0. The van der Waals surface area contributed by atoms with Crippen LogP contribution in [0.15, 0.2) is 72.1 Å². The lowest BCUT2D eigenvalue weighted by Crippen LogP contribution is -2.51. The van der Waals surface area contributed by atoms with Crippen molar-refractivity contribution >= 4 is 28.1 Å². The quantitative estimate of drug-likeness (QED) is 0.449. The van der Waals surface area contributed by atoms with Gasteiger partial charge in [-0.3, -0.25) is 4.90 Å². The molecule has 1 aliphatic rings. The third-order valence-electron chi connectivity index (χ3n) is 6.02. The SMILES string of the molecule is O=C(NCc1cccc2ccccc12)N1CCN(Cc2nc(-c3ccc(F)cc3)cs2)CC1. The predicted molar refractivity (Wildman–Crippen MR) is 131 cm³/mol. The monoisotopic (exact) mass is 460 g/mol. The lowest BCUT2D eigenvalue weighted by Gasteiger charge is -2.34. The van der Waals surface area contributed by atoms with Gasteiger partial charge in [-0.2, -0.15) is 0 Å². The minimum Gasteiger partial charge on any atom is -0.334 e. The first-order valence-corrected chi connectivity index (χ1v) is 12.0. The highest BCUT2D eigenvalue weighted by molar-refractivity contribution is 7.09. The number of halogens is 1. The van der Waals surface area contributed by atoms with Gasteiger partial charge < -0.3 is 10.2 Å². The molecule has 2 heterocycles. The van der Waals surface area contributed by atoms with Crippen molar-refractivity contribution in [3.05, 3.63) is 88.5 Å². The maximum Gasteiger partial charge on any atom is 0.317 e. The van der Waals surface area contributed by atoms with Crippen molar-refractivity contribution in [3.8, 4) is 11.3 Å². The fourth-order valence-corrected chi connectivity index (χ4v) is 5.01. The average molecular weight is 461 g/mol. The molecule has 0 bridgehead atoms. The Labute approximate surface area is 196 Å². The van der Waals surface area contributed by atoms with Crippen LogP contribution in [0.2, 0.25) is 0 Å². The fraction of sp³-hybridized carbons (Fsp3) is 0.231. The van der Waals surface area contributed by atoms with Crippen LogP contribution in [0, 0.1) is 5.82 Å². The van der Waals surface area contributed by atoms with Gasteiger partial charge in [0.15, 0.2) is 0 Å². The van der Waals surface area contributed by atoms with Crippen molar-refractivity contribution < 1.29 is 9.18 Å². The fourth-order valence-electron chi connectivity index (χ4n) is 4.17. The summed E-state index contributed by atoms with van der Waals surface area (Å²) < 4.78 is 13.1. The van der Waals surface area contributed by atoms with Gasteiger partial charge in [0.25, 0.3) is 0 Å². The summed E-state index contributed by atoms with van der Waals surface area (Å²) in [5.41, 5.74) is 2.92. The maximum absolute atomic E-state index is 13.1. The highest BCUT2D eigenvalue weighted by Crippen LogP contribution is 2.23. The van der Waals surface area contributed by atoms with Gasteiger partial charge in [0, 0.05) is 43.7 Å². The number of carbonyl (C=O) groups is 1. The van der Waals surface area contributed by atoms with Crippen LogP contribution in [0.3, 0.4) is 0 Å². The number of thiazole rings is 1. The van der Waals surface area contributed by atoms with Crippen LogP contribution in [0.25, 0.3) is 22.0 Å². The molecule has 1 aliphatic heterocycles. The number of carbonyl (C=O) groups excluding carboxylic acids is 1. The van der Waals surface area contributed by atoms with Crippen molar-refractivity contribution in [2.45, 2.75) is 13.1 Å². The van der Waals surface area contributed by atoms with Crippen LogP contribution in [-0.4, -0.2) is 47.0 Å². The number of hydrogen-bond acceptors (Lipinski definition) is 4. The van der Waals surface area contributed by atoms with Crippen LogP contribution in [0.4, 0.5) is 9.18 Å². The molecule has 4 aromatic rings. The third-order valence-corrected chi connectivity index (χ3v) is 6.85. The molecule has 0 spiro atoms. The minimum absolute atomic E-state index is 0.0181. The van der Waals surface area contributed by atoms with E-state index in [1.807, 2.05) is 28.5 Å². The Kier molecular flexibility index (Phi) is 6.32. The second-order valence-corrected chi connectivity index (χ2v) is 9.14. The molecule has 5 rings (SSSR count). The Morgan fingerprint density at radius 1 is 0.970 bits per heavy atom. The van der Waals surface area contributed by atoms with Crippen LogP contribution < -0.4 is 5.32 Å². The number of nitrogens with one attached hydrogen (secondary N) is 1. The molecule has 3 aromatic carbocycles. The molecule has 1 saturated heterocycles. The highest BCUT2D eigenvalue weighted by Gasteiger charge is 2.22. The molecule has 1 aromatic heterocycles. The van der Waals surface area contributed by atoms with Gasteiger partial charge in [-0.1, -0.05) is 42.5 Å². The molecule has 168 valence electrons. The van der Waals surface area contributed by atoms with E-state index < -0.39 is 0 Å². The summed E-state index contributed by atoms with van der Waals surface area (Å²) in [5, 5.41) is 8.48. The van der Waals surface area contributed by atoms with E-state index in [2.05, 4.69) is 34.5 Å². The molecule has 0 unspecified atom stereocenters. The smallest absolute Gasteiger partial charge is 0.317 e. The number of piperazine rings is 1. The first-order valence-electron chi connectivity index (χ1n) is 11.1. The second kappa shape index (κ2) is 9.68. The largest absolute Gasteiger partial charge is 0.334 e. The summed E-state index contributed by atoms with van der Waals surface area (Å²) in [6.07, 6.45) is 0. The summed E-state index contributed by atoms with van der Waals surface area (Å²) in [5.74, 6) is -0.242. The molecule has 0 aliphatic carbocycles. The summed E-state index contributed by atoms with van der Waals surface area (Å²) in [7, 11) is 0. The van der Waals surface area contributed by atoms with Gasteiger partial charge in [-0.15, -0.1) is 11.3 Å². The van der Waals surface area contributed by atoms with Gasteiger partial charge in [0.05, 0.1) is 12.2 Å². The summed E-state index contributed by atoms with van der Waals surface area (Å²) >= 11 is 1.62. The van der Waals surface area contributed by atoms with Crippen molar-refractivity contribution in [2.75, 3.05) is 26.2 Å². The van der Waals surface area contributed by atoms with Gasteiger partial charge in [0.2, 0.25) is 0 Å². The van der Waals surface area contributed by atoms with Gasteiger partial charge in [0.1, 0.15) is 10.8 Å². The molecule has 0 radical (unpaired) electrons. The zero-order valence-corrected chi connectivity index (χ0v) is 19.0. The standard InChI is InChI=1S/C26H25FN4OS/c27-22-10-8-20(9-11-22)24-18-33-25(29-24)17-30-12-14-31(15-13-30)26(32)28-16-21-6-3-5-19-4-1-2-7-23(19)21/h1-11,18H,12-17H2,(H,28,32). The van der Waals surface area contributed by atoms with Crippen LogP contribution >= 0.6 is 11.3 Å². The first kappa shape index (κ1) is 21.6. The Balaban J connectivity index is 1.12. The van der Waals surface area contributed by atoms with Gasteiger partial charge >= 0.3 is 6.03 Å². The van der Waals surface area contributed by atoms with Crippen molar-refractivity contribution in [1.29, 1.82) is 0 Å². The number of fused-ring (bicyclic) bond motifs is 1. The van der Waals surface area contributed by atoms with E-state index in [9.17, 15) is 9.18 Å². The number of benzene rings is 3. The molecule has 33 heavy (non-hydrogen) atoms. The van der Waals surface area contributed by atoms with Gasteiger partial charge in [-0.25, -0.2) is 14.2 Å². The third kappa shape index (κ3) is 5.05. The predicted octanol–water partition coefficient (Wildman–Crippen LogP) is 5.13. The van der Waals surface area contributed by atoms with Gasteiger partial charge in [-0.05, 0) is 40.6 Å². The maximum atomic E-state index is 13.1. The Morgan fingerprint density at radius 2 is 1.73 bits per heavy atom. The van der Waals surface area contributed by atoms with Crippen molar-refractivity contribution in [3.63, 3.8) is 0 Å². The molecule has 2 amide bonds. The molecule has 0 saturated carbocycles. The molecule has 0 atom stereocenters. The van der Waals surface area contributed by atoms with E-state index in [0.29, 0.717) is 19.6 Å². The van der Waals surface area contributed by atoms with Crippen LogP contribution in [0.1, 0.15) is 10.6 Å². The zero-order valence-electron chi connectivity index (χ0n) is 18.2. The highest BCUT2D eigenvalue weighted by atomic mass is 32.1. The van der Waals surface area contributed by atoms with E-state index in [-0.39, 0.29) is 11.8 Å². The van der Waals surface area contributed by atoms with Crippen LogP contribution in [0.5, 0.6) is 0 Å². The number of hydrogen-bond donors (Lipinski definition) is 1.